The normalized spacial score (nSPS) is 18.5. The van der Waals surface area contributed by atoms with Gasteiger partial charge in [0.05, 0.1) is 0 Å². The van der Waals surface area contributed by atoms with Gasteiger partial charge in [0.25, 0.3) is 0 Å². The summed E-state index contributed by atoms with van der Waals surface area (Å²) in [6.07, 6.45) is 4.33. The molecule has 1 saturated heterocycles. The van der Waals surface area contributed by atoms with Gasteiger partial charge in [0.15, 0.2) is 0 Å². The Morgan fingerprint density at radius 3 is 2.40 bits per heavy atom. The van der Waals surface area contributed by atoms with E-state index >= 15 is 0 Å². The smallest absolute Gasteiger partial charge is 0.223 e. The quantitative estimate of drug-likeness (QED) is 0.706. The van der Waals surface area contributed by atoms with Gasteiger partial charge in [-0.1, -0.05) is 13.3 Å². The molecule has 1 fully saturated rings. The van der Waals surface area contributed by atoms with Crippen molar-refractivity contribution in [3.63, 3.8) is 0 Å². The largest absolute Gasteiger partial charge is 0.343 e. The van der Waals surface area contributed by atoms with E-state index in [1.165, 1.54) is 19.3 Å². The topological polar surface area (TPSA) is 23.6 Å². The molecular weight excluding hydrogens is 188 g/mol. The lowest BCUT2D eigenvalue weighted by Crippen LogP contribution is -2.39. The zero-order valence-electron chi connectivity index (χ0n) is 10.3. The SMILES string of the molecule is CCC1CCN(C(=O)CCN(C)C)CC1. The number of hydrogen-bond donors (Lipinski definition) is 0. The maximum Gasteiger partial charge on any atom is 0.223 e. The van der Waals surface area contributed by atoms with Crippen molar-refractivity contribution in [2.75, 3.05) is 33.7 Å². The minimum Gasteiger partial charge on any atom is -0.343 e. The van der Waals surface area contributed by atoms with Gasteiger partial charge in [0.2, 0.25) is 5.91 Å². The summed E-state index contributed by atoms with van der Waals surface area (Å²) < 4.78 is 0. The first-order valence-electron chi connectivity index (χ1n) is 6.06. The highest BCUT2D eigenvalue weighted by Crippen LogP contribution is 2.20. The minimum absolute atomic E-state index is 0.332. The summed E-state index contributed by atoms with van der Waals surface area (Å²) in [5, 5.41) is 0. The number of carbonyl (C=O) groups excluding carboxylic acids is 1. The van der Waals surface area contributed by atoms with Crippen LogP contribution in [0.2, 0.25) is 0 Å². The maximum absolute atomic E-state index is 11.8. The van der Waals surface area contributed by atoms with Crippen molar-refractivity contribution in [1.82, 2.24) is 9.80 Å². The molecule has 0 bridgehead atoms. The van der Waals surface area contributed by atoms with E-state index in [-0.39, 0.29) is 0 Å². The lowest BCUT2D eigenvalue weighted by molar-refractivity contribution is -0.132. The van der Waals surface area contributed by atoms with Gasteiger partial charge in [-0.05, 0) is 32.9 Å². The lowest BCUT2D eigenvalue weighted by atomic mass is 9.94. The Hall–Kier alpha value is -0.570. The molecule has 0 saturated carbocycles. The molecule has 0 unspecified atom stereocenters. The van der Waals surface area contributed by atoms with Crippen molar-refractivity contribution in [3.05, 3.63) is 0 Å². The molecule has 3 heteroatoms. The highest BCUT2D eigenvalue weighted by molar-refractivity contribution is 5.76. The second kappa shape index (κ2) is 6.11. The number of hydrogen-bond acceptors (Lipinski definition) is 2. The Morgan fingerprint density at radius 2 is 1.93 bits per heavy atom. The highest BCUT2D eigenvalue weighted by atomic mass is 16.2. The fraction of sp³-hybridized carbons (Fsp3) is 0.917. The van der Waals surface area contributed by atoms with Gasteiger partial charge in [-0.3, -0.25) is 4.79 Å². The third-order valence-electron chi connectivity index (χ3n) is 3.32. The van der Waals surface area contributed by atoms with Crippen LogP contribution >= 0.6 is 0 Å². The number of likely N-dealkylation sites (tertiary alicyclic amines) is 1. The molecule has 0 radical (unpaired) electrons. The summed E-state index contributed by atoms with van der Waals surface area (Å²) >= 11 is 0. The summed E-state index contributed by atoms with van der Waals surface area (Å²) in [6, 6.07) is 0. The standard InChI is InChI=1S/C12H24N2O/c1-4-11-5-9-14(10-6-11)12(15)7-8-13(2)3/h11H,4-10H2,1-3H3. The molecule has 1 rings (SSSR count). The third kappa shape index (κ3) is 4.20. The van der Waals surface area contributed by atoms with E-state index in [0.29, 0.717) is 12.3 Å². The molecule has 88 valence electrons. The molecule has 0 aromatic heterocycles. The van der Waals surface area contributed by atoms with E-state index in [4.69, 9.17) is 0 Å². The molecular formula is C12H24N2O. The van der Waals surface area contributed by atoms with Crippen molar-refractivity contribution in [2.45, 2.75) is 32.6 Å². The van der Waals surface area contributed by atoms with E-state index in [2.05, 4.69) is 11.8 Å². The van der Waals surface area contributed by atoms with Gasteiger partial charge in [0, 0.05) is 26.1 Å². The number of rotatable bonds is 4. The van der Waals surface area contributed by atoms with E-state index in [9.17, 15) is 4.79 Å². The summed E-state index contributed by atoms with van der Waals surface area (Å²) in [5.74, 6) is 1.18. The van der Waals surface area contributed by atoms with Crippen LogP contribution in [0.4, 0.5) is 0 Å². The maximum atomic E-state index is 11.8. The zero-order valence-corrected chi connectivity index (χ0v) is 10.3. The summed E-state index contributed by atoms with van der Waals surface area (Å²) in [5.41, 5.74) is 0. The molecule has 0 aliphatic carbocycles. The molecule has 1 amide bonds. The van der Waals surface area contributed by atoms with Crippen LogP contribution in [-0.4, -0.2) is 49.4 Å². The monoisotopic (exact) mass is 212 g/mol. The Kier molecular flexibility index (Phi) is 5.09. The van der Waals surface area contributed by atoms with Crippen molar-refractivity contribution in [1.29, 1.82) is 0 Å². The first-order chi connectivity index (χ1) is 7.13. The molecule has 0 aromatic rings. The molecule has 3 nitrogen and oxygen atoms in total. The van der Waals surface area contributed by atoms with Crippen molar-refractivity contribution < 1.29 is 4.79 Å². The fourth-order valence-electron chi connectivity index (χ4n) is 2.07. The Bertz CT molecular complexity index is 196. The molecule has 1 aliphatic heterocycles. The van der Waals surface area contributed by atoms with E-state index in [0.717, 1.165) is 25.6 Å². The predicted molar refractivity (Wildman–Crippen MR) is 62.8 cm³/mol. The van der Waals surface area contributed by atoms with Crippen LogP contribution in [-0.2, 0) is 4.79 Å². The Balaban J connectivity index is 2.24. The number of nitrogens with zero attached hydrogens (tertiary/aromatic N) is 2. The number of carbonyl (C=O) groups is 1. The summed E-state index contributed by atoms with van der Waals surface area (Å²) in [6.45, 7) is 5.07. The van der Waals surface area contributed by atoms with Crippen LogP contribution in [0.5, 0.6) is 0 Å². The molecule has 1 heterocycles. The van der Waals surface area contributed by atoms with Crippen molar-refractivity contribution in [3.8, 4) is 0 Å². The molecule has 0 N–H and O–H groups in total. The van der Waals surface area contributed by atoms with Gasteiger partial charge in [0.1, 0.15) is 0 Å². The van der Waals surface area contributed by atoms with Crippen molar-refractivity contribution in [2.24, 2.45) is 5.92 Å². The van der Waals surface area contributed by atoms with Gasteiger partial charge in [-0.25, -0.2) is 0 Å². The summed E-state index contributed by atoms with van der Waals surface area (Å²) in [4.78, 5) is 15.9. The Morgan fingerprint density at radius 1 is 1.33 bits per heavy atom. The van der Waals surface area contributed by atoms with Crippen LogP contribution in [0.15, 0.2) is 0 Å². The number of piperidine rings is 1. The lowest BCUT2D eigenvalue weighted by Gasteiger charge is -2.31. The first kappa shape index (κ1) is 12.5. The second-order valence-corrected chi connectivity index (χ2v) is 4.79. The van der Waals surface area contributed by atoms with E-state index in [1.54, 1.807) is 0 Å². The summed E-state index contributed by atoms with van der Waals surface area (Å²) in [7, 11) is 4.02. The van der Waals surface area contributed by atoms with Crippen LogP contribution in [0.25, 0.3) is 0 Å². The van der Waals surface area contributed by atoms with Crippen LogP contribution in [0.3, 0.4) is 0 Å². The highest BCUT2D eigenvalue weighted by Gasteiger charge is 2.21. The number of amides is 1. The average Bonchev–Trinajstić information content (AvgIpc) is 2.26. The predicted octanol–water partition coefficient (Wildman–Crippen LogP) is 1.59. The van der Waals surface area contributed by atoms with Crippen LogP contribution < -0.4 is 0 Å². The zero-order chi connectivity index (χ0) is 11.3. The Labute approximate surface area is 93.4 Å². The fourth-order valence-corrected chi connectivity index (χ4v) is 2.07. The van der Waals surface area contributed by atoms with Crippen LogP contribution in [0, 0.1) is 5.92 Å². The van der Waals surface area contributed by atoms with Crippen LogP contribution in [0.1, 0.15) is 32.6 Å². The second-order valence-electron chi connectivity index (χ2n) is 4.79. The van der Waals surface area contributed by atoms with Crippen molar-refractivity contribution >= 4 is 5.91 Å². The van der Waals surface area contributed by atoms with E-state index in [1.807, 2.05) is 19.0 Å². The molecule has 0 aromatic carbocycles. The van der Waals surface area contributed by atoms with E-state index < -0.39 is 0 Å². The minimum atomic E-state index is 0.332. The molecule has 15 heavy (non-hydrogen) atoms. The molecule has 0 spiro atoms. The third-order valence-corrected chi connectivity index (χ3v) is 3.32. The molecule has 0 atom stereocenters. The average molecular weight is 212 g/mol. The first-order valence-corrected chi connectivity index (χ1v) is 6.06. The van der Waals surface area contributed by atoms with Gasteiger partial charge in [-0.15, -0.1) is 0 Å². The molecule has 1 aliphatic rings. The van der Waals surface area contributed by atoms with Gasteiger partial charge in [-0.2, -0.15) is 0 Å². The van der Waals surface area contributed by atoms with Gasteiger partial charge < -0.3 is 9.80 Å². The van der Waals surface area contributed by atoms with Gasteiger partial charge >= 0.3 is 0 Å².